The molecule has 0 aliphatic heterocycles. The number of halogens is 5. The van der Waals surface area contributed by atoms with E-state index >= 15 is 4.39 Å². The molecule has 0 heterocycles. The van der Waals surface area contributed by atoms with Gasteiger partial charge < -0.3 is 0 Å². The predicted octanol–water partition coefficient (Wildman–Crippen LogP) is 7.40. The third-order valence-electron chi connectivity index (χ3n) is 6.20. The molecule has 0 fully saturated rings. The van der Waals surface area contributed by atoms with Crippen LogP contribution in [0, 0.1) is 40.9 Å². The van der Waals surface area contributed by atoms with Crippen LogP contribution in [-0.4, -0.2) is 0 Å². The topological polar surface area (TPSA) is 0 Å². The second-order valence-corrected chi connectivity index (χ2v) is 8.43. The average molecular weight is 454 g/mol. The van der Waals surface area contributed by atoms with Gasteiger partial charge in [0.05, 0.1) is 11.1 Å². The summed E-state index contributed by atoms with van der Waals surface area (Å²) in [5.74, 6) is 0.978. The lowest BCUT2D eigenvalue weighted by atomic mass is 9.79. The van der Waals surface area contributed by atoms with Crippen molar-refractivity contribution in [2.75, 3.05) is 0 Å². The van der Waals surface area contributed by atoms with E-state index in [9.17, 15) is 17.6 Å². The van der Waals surface area contributed by atoms with Gasteiger partial charge in [-0.1, -0.05) is 37.3 Å². The molecule has 0 amide bonds. The maximum atomic E-state index is 15.1. The molecule has 0 saturated carbocycles. The summed E-state index contributed by atoms with van der Waals surface area (Å²) < 4.78 is 71.8. The molecule has 3 aromatic rings. The normalized spacial score (nSPS) is 15.0. The van der Waals surface area contributed by atoms with Gasteiger partial charge in [0, 0.05) is 5.56 Å². The third-order valence-corrected chi connectivity index (χ3v) is 6.20. The quantitative estimate of drug-likeness (QED) is 0.285. The van der Waals surface area contributed by atoms with Gasteiger partial charge in [-0.15, -0.1) is 0 Å². The highest BCUT2D eigenvalue weighted by Crippen LogP contribution is 2.37. The zero-order valence-electron chi connectivity index (χ0n) is 18.3. The van der Waals surface area contributed by atoms with Crippen LogP contribution in [0.3, 0.4) is 0 Å². The number of fused-ring (bicyclic) bond motifs is 1. The number of rotatable bonds is 4. The smallest absolute Gasteiger partial charge is 0.174 e. The van der Waals surface area contributed by atoms with Gasteiger partial charge in [-0.3, -0.25) is 0 Å². The van der Waals surface area contributed by atoms with Crippen molar-refractivity contribution in [3.63, 3.8) is 0 Å². The Hall–Kier alpha value is -3.13. The lowest BCUT2D eigenvalue weighted by molar-refractivity contribution is 0.480. The summed E-state index contributed by atoms with van der Waals surface area (Å²) in [6.07, 6.45) is 3.48. The van der Waals surface area contributed by atoms with E-state index in [1.807, 2.05) is 6.92 Å². The van der Waals surface area contributed by atoms with Crippen LogP contribution in [-0.2, 0) is 19.3 Å². The Balaban J connectivity index is 1.59. The van der Waals surface area contributed by atoms with Gasteiger partial charge in [0.1, 0.15) is 17.5 Å². The second kappa shape index (κ2) is 9.79. The molecule has 0 spiro atoms. The molecule has 4 rings (SSSR count). The molecule has 0 aromatic heterocycles. The van der Waals surface area contributed by atoms with Gasteiger partial charge in [0.25, 0.3) is 0 Å². The van der Waals surface area contributed by atoms with Crippen molar-refractivity contribution in [2.24, 2.45) is 0 Å². The Morgan fingerprint density at radius 2 is 1.55 bits per heavy atom. The third kappa shape index (κ3) is 4.80. The SMILES string of the molecule is CCCCc1cc(F)c(C2CCc3c(ccc(C#Cc4cccc(F)c4F)c3F)C2)c(F)c1. The average Bonchev–Trinajstić information content (AvgIpc) is 2.79. The van der Waals surface area contributed by atoms with Crippen molar-refractivity contribution in [1.29, 1.82) is 0 Å². The minimum absolute atomic E-state index is 0.0618. The summed E-state index contributed by atoms with van der Waals surface area (Å²) in [7, 11) is 0. The Morgan fingerprint density at radius 3 is 2.24 bits per heavy atom. The Morgan fingerprint density at radius 1 is 0.848 bits per heavy atom. The van der Waals surface area contributed by atoms with Crippen LogP contribution in [0.2, 0.25) is 0 Å². The lowest BCUT2D eigenvalue weighted by Crippen LogP contribution is -2.17. The van der Waals surface area contributed by atoms with Gasteiger partial charge >= 0.3 is 0 Å². The first-order valence-electron chi connectivity index (χ1n) is 11.1. The van der Waals surface area contributed by atoms with Crippen molar-refractivity contribution >= 4 is 0 Å². The van der Waals surface area contributed by atoms with Crippen LogP contribution >= 0.6 is 0 Å². The molecule has 1 atom stereocenters. The fourth-order valence-electron chi connectivity index (χ4n) is 4.44. The van der Waals surface area contributed by atoms with Crippen LogP contribution in [0.5, 0.6) is 0 Å². The van der Waals surface area contributed by atoms with Crippen LogP contribution in [0.15, 0.2) is 42.5 Å². The van der Waals surface area contributed by atoms with Crippen molar-refractivity contribution in [3.8, 4) is 11.8 Å². The van der Waals surface area contributed by atoms with E-state index in [1.165, 1.54) is 30.3 Å². The van der Waals surface area contributed by atoms with E-state index in [0.29, 0.717) is 42.4 Å². The summed E-state index contributed by atoms with van der Waals surface area (Å²) in [6.45, 7) is 2.02. The molecule has 0 N–H and O–H groups in total. The first kappa shape index (κ1) is 23.0. The van der Waals surface area contributed by atoms with Gasteiger partial charge in [0.2, 0.25) is 0 Å². The molecule has 0 nitrogen and oxygen atoms in total. The van der Waals surface area contributed by atoms with Crippen molar-refractivity contribution in [2.45, 2.75) is 51.4 Å². The fourth-order valence-corrected chi connectivity index (χ4v) is 4.44. The van der Waals surface area contributed by atoms with Crippen molar-refractivity contribution < 1.29 is 22.0 Å². The predicted molar refractivity (Wildman–Crippen MR) is 118 cm³/mol. The van der Waals surface area contributed by atoms with Gasteiger partial charge in [-0.2, -0.15) is 0 Å². The van der Waals surface area contributed by atoms with Gasteiger partial charge in [-0.05, 0) is 85.0 Å². The van der Waals surface area contributed by atoms with E-state index in [1.54, 1.807) is 6.07 Å². The zero-order valence-corrected chi connectivity index (χ0v) is 18.3. The van der Waals surface area contributed by atoms with Crippen molar-refractivity contribution in [3.05, 3.63) is 105 Å². The van der Waals surface area contributed by atoms with Gasteiger partial charge in [-0.25, -0.2) is 22.0 Å². The molecule has 0 radical (unpaired) electrons. The molecular formula is C28H23F5. The molecule has 33 heavy (non-hydrogen) atoms. The van der Waals surface area contributed by atoms with Gasteiger partial charge in [0.15, 0.2) is 11.6 Å². The first-order chi connectivity index (χ1) is 15.9. The molecular weight excluding hydrogens is 431 g/mol. The van der Waals surface area contributed by atoms with Crippen LogP contribution in [0.25, 0.3) is 0 Å². The summed E-state index contributed by atoms with van der Waals surface area (Å²) in [4.78, 5) is 0. The fraction of sp³-hybridized carbons (Fsp3) is 0.286. The number of benzene rings is 3. The first-order valence-corrected chi connectivity index (χ1v) is 11.1. The van der Waals surface area contributed by atoms with Crippen LogP contribution in [0.4, 0.5) is 22.0 Å². The molecule has 1 aliphatic carbocycles. The molecule has 1 aliphatic rings. The minimum atomic E-state index is -1.07. The highest BCUT2D eigenvalue weighted by Gasteiger charge is 2.28. The number of hydrogen-bond donors (Lipinski definition) is 0. The Kier molecular flexibility index (Phi) is 6.83. The summed E-state index contributed by atoms with van der Waals surface area (Å²) in [6, 6.07) is 9.64. The van der Waals surface area contributed by atoms with Crippen molar-refractivity contribution in [1.82, 2.24) is 0 Å². The molecule has 1 unspecified atom stereocenters. The Bertz CT molecular complexity index is 1230. The molecule has 5 heteroatoms. The number of hydrogen-bond acceptors (Lipinski definition) is 0. The number of aryl methyl sites for hydroxylation is 1. The van der Waals surface area contributed by atoms with E-state index in [-0.39, 0.29) is 22.6 Å². The molecule has 170 valence electrons. The van der Waals surface area contributed by atoms with E-state index in [0.717, 1.165) is 18.9 Å². The van der Waals surface area contributed by atoms with E-state index in [2.05, 4.69) is 11.8 Å². The number of unbranched alkanes of at least 4 members (excludes halogenated alkanes) is 1. The monoisotopic (exact) mass is 454 g/mol. The highest BCUT2D eigenvalue weighted by molar-refractivity contribution is 5.48. The molecule has 3 aromatic carbocycles. The summed E-state index contributed by atoms with van der Waals surface area (Å²) in [5, 5.41) is 0. The molecule has 0 bridgehead atoms. The summed E-state index contributed by atoms with van der Waals surface area (Å²) in [5.41, 5.74) is 1.77. The zero-order chi connectivity index (χ0) is 23.5. The summed E-state index contributed by atoms with van der Waals surface area (Å²) >= 11 is 0. The maximum absolute atomic E-state index is 15.1. The van der Waals surface area contributed by atoms with E-state index < -0.39 is 29.1 Å². The van der Waals surface area contributed by atoms with Crippen LogP contribution < -0.4 is 0 Å². The standard InChI is InChI=1S/C28H23F5/c1-2-3-5-17-14-24(30)26(25(31)15-17)21-12-13-22-20(16-21)11-10-19(27(22)32)9-8-18-6-4-7-23(29)28(18)33/h4,6-7,10-11,14-15,21H,2-3,5,12-13,16H2,1H3. The maximum Gasteiger partial charge on any atom is 0.174 e. The lowest BCUT2D eigenvalue weighted by Gasteiger charge is -2.26. The largest absolute Gasteiger partial charge is 0.207 e. The second-order valence-electron chi connectivity index (χ2n) is 8.43. The molecule has 0 saturated heterocycles. The Labute approximate surface area is 190 Å². The van der Waals surface area contributed by atoms with E-state index in [4.69, 9.17) is 0 Å². The van der Waals surface area contributed by atoms with Crippen LogP contribution in [0.1, 0.15) is 65.5 Å². The highest BCUT2D eigenvalue weighted by atomic mass is 19.2. The minimum Gasteiger partial charge on any atom is -0.207 e.